The molecule has 3 nitrogen and oxygen atoms in total. The Labute approximate surface area is 115 Å². The van der Waals surface area contributed by atoms with Crippen LogP contribution < -0.4 is 5.32 Å². The summed E-state index contributed by atoms with van der Waals surface area (Å²) in [4.78, 5) is 11.9. The van der Waals surface area contributed by atoms with Crippen LogP contribution in [0.1, 0.15) is 32.4 Å². The largest absolute Gasteiger partial charge is 0.465 e. The molecule has 0 fully saturated rings. The van der Waals surface area contributed by atoms with E-state index >= 15 is 0 Å². The highest BCUT2D eigenvalue weighted by atomic mass is 35.5. The second-order valence-electron chi connectivity index (χ2n) is 4.40. The first-order chi connectivity index (χ1) is 8.15. The first-order valence-corrected chi connectivity index (χ1v) is 6.10. The Hall–Kier alpha value is -1.06. The van der Waals surface area contributed by atoms with Gasteiger partial charge in [0.2, 0.25) is 0 Å². The molecule has 0 heterocycles. The maximum atomic E-state index is 11.9. The lowest BCUT2D eigenvalue weighted by atomic mass is 10.1. The highest BCUT2D eigenvalue weighted by Crippen LogP contribution is 2.14. The van der Waals surface area contributed by atoms with Crippen molar-refractivity contribution in [1.82, 2.24) is 5.32 Å². The van der Waals surface area contributed by atoms with Crippen LogP contribution in [0.3, 0.4) is 0 Å². The number of carbonyl (C=O) groups excluding carboxylic acids is 1. The van der Waals surface area contributed by atoms with Crippen LogP contribution in [0.4, 0.5) is 0 Å². The van der Waals surface area contributed by atoms with E-state index < -0.39 is 0 Å². The molecule has 0 aliphatic heterocycles. The maximum Gasteiger partial charge on any atom is 0.327 e. The van der Waals surface area contributed by atoms with E-state index in [9.17, 15) is 4.79 Å². The summed E-state index contributed by atoms with van der Waals surface area (Å²) in [5, 5.41) is 3.25. The molecular weight excluding hydrogens is 250 g/mol. The van der Waals surface area contributed by atoms with Crippen molar-refractivity contribution >= 4 is 18.4 Å². The van der Waals surface area contributed by atoms with Crippen LogP contribution in [0.5, 0.6) is 0 Å². The van der Waals surface area contributed by atoms with Gasteiger partial charge in [-0.1, -0.05) is 44.2 Å². The van der Waals surface area contributed by atoms with E-state index in [0.717, 1.165) is 12.1 Å². The van der Waals surface area contributed by atoms with Gasteiger partial charge in [0.15, 0.2) is 0 Å². The van der Waals surface area contributed by atoms with Gasteiger partial charge in [0.1, 0.15) is 6.04 Å². The number of hydrogen-bond donors (Lipinski definition) is 1. The molecule has 0 aliphatic carbocycles. The Morgan fingerprint density at radius 3 is 2.39 bits per heavy atom. The van der Waals surface area contributed by atoms with E-state index in [4.69, 9.17) is 4.74 Å². The fourth-order valence-corrected chi connectivity index (χ4v) is 1.56. The van der Waals surface area contributed by atoms with Crippen molar-refractivity contribution in [1.29, 1.82) is 0 Å². The van der Waals surface area contributed by atoms with E-state index in [1.807, 2.05) is 37.3 Å². The third-order valence-electron chi connectivity index (χ3n) is 2.39. The quantitative estimate of drug-likeness (QED) is 0.809. The average Bonchev–Trinajstić information content (AvgIpc) is 2.30. The summed E-state index contributed by atoms with van der Waals surface area (Å²) in [5.74, 6) is 0.287. The van der Waals surface area contributed by atoms with Crippen LogP contribution in [0.15, 0.2) is 30.3 Å². The zero-order valence-electron chi connectivity index (χ0n) is 11.2. The zero-order valence-corrected chi connectivity index (χ0v) is 12.0. The molecule has 0 radical (unpaired) electrons. The second kappa shape index (κ2) is 8.95. The van der Waals surface area contributed by atoms with Crippen LogP contribution in [0.2, 0.25) is 0 Å². The molecule has 1 unspecified atom stereocenters. The lowest BCUT2D eigenvalue weighted by Gasteiger charge is -2.18. The van der Waals surface area contributed by atoms with E-state index in [1.54, 1.807) is 0 Å². The molecule has 1 N–H and O–H groups in total. The van der Waals surface area contributed by atoms with Crippen molar-refractivity contribution in [3.05, 3.63) is 35.9 Å². The smallest absolute Gasteiger partial charge is 0.327 e. The Morgan fingerprint density at radius 1 is 1.28 bits per heavy atom. The van der Waals surface area contributed by atoms with Crippen molar-refractivity contribution in [2.45, 2.75) is 26.8 Å². The van der Waals surface area contributed by atoms with Gasteiger partial charge in [-0.2, -0.15) is 0 Å². The summed E-state index contributed by atoms with van der Waals surface area (Å²) in [6, 6.07) is 9.31. The van der Waals surface area contributed by atoms with Crippen LogP contribution in [0.25, 0.3) is 0 Å². The van der Waals surface area contributed by atoms with E-state index in [-0.39, 0.29) is 24.4 Å². The Kier molecular flexibility index (Phi) is 8.42. The monoisotopic (exact) mass is 271 g/mol. The van der Waals surface area contributed by atoms with Gasteiger partial charge in [0, 0.05) is 0 Å². The van der Waals surface area contributed by atoms with E-state index in [0.29, 0.717) is 12.5 Å². The minimum Gasteiger partial charge on any atom is -0.465 e. The van der Waals surface area contributed by atoms with Crippen molar-refractivity contribution < 1.29 is 9.53 Å². The number of halogens is 1. The molecule has 18 heavy (non-hydrogen) atoms. The molecule has 0 spiro atoms. The summed E-state index contributed by atoms with van der Waals surface area (Å²) >= 11 is 0. The van der Waals surface area contributed by atoms with Crippen LogP contribution in [0, 0.1) is 5.92 Å². The zero-order chi connectivity index (χ0) is 12.7. The molecule has 1 aromatic rings. The summed E-state index contributed by atoms with van der Waals surface area (Å²) < 4.78 is 5.09. The molecule has 0 aliphatic rings. The van der Waals surface area contributed by atoms with Crippen LogP contribution in [-0.2, 0) is 9.53 Å². The number of esters is 1. The van der Waals surface area contributed by atoms with Gasteiger partial charge in [-0.15, -0.1) is 12.4 Å². The molecular formula is C14H22ClNO2. The van der Waals surface area contributed by atoms with Crippen LogP contribution >= 0.6 is 12.4 Å². The van der Waals surface area contributed by atoms with Gasteiger partial charge in [-0.25, -0.2) is 4.79 Å². The molecule has 0 aromatic heterocycles. The van der Waals surface area contributed by atoms with Gasteiger partial charge in [0.05, 0.1) is 6.61 Å². The van der Waals surface area contributed by atoms with Crippen molar-refractivity contribution in [2.24, 2.45) is 5.92 Å². The van der Waals surface area contributed by atoms with Crippen molar-refractivity contribution in [3.63, 3.8) is 0 Å². The van der Waals surface area contributed by atoms with E-state index in [1.165, 1.54) is 0 Å². The van der Waals surface area contributed by atoms with Gasteiger partial charge in [-0.05, 0) is 24.9 Å². The number of hydrogen-bond acceptors (Lipinski definition) is 3. The van der Waals surface area contributed by atoms with Crippen molar-refractivity contribution in [2.75, 3.05) is 13.2 Å². The molecule has 0 bridgehead atoms. The second-order valence-corrected chi connectivity index (χ2v) is 4.40. The number of carbonyl (C=O) groups is 1. The minimum atomic E-state index is -0.362. The van der Waals surface area contributed by atoms with Crippen molar-refractivity contribution in [3.8, 4) is 0 Å². The topological polar surface area (TPSA) is 38.3 Å². The molecule has 102 valence electrons. The van der Waals surface area contributed by atoms with E-state index in [2.05, 4.69) is 19.2 Å². The first-order valence-electron chi connectivity index (χ1n) is 6.10. The number of rotatable bonds is 6. The molecule has 0 saturated carbocycles. The number of benzene rings is 1. The van der Waals surface area contributed by atoms with Gasteiger partial charge >= 0.3 is 5.97 Å². The lowest BCUT2D eigenvalue weighted by Crippen LogP contribution is -2.32. The fraction of sp³-hybridized carbons (Fsp3) is 0.500. The predicted molar refractivity (Wildman–Crippen MR) is 75.9 cm³/mol. The molecule has 1 aromatic carbocycles. The Morgan fingerprint density at radius 2 is 1.89 bits per heavy atom. The normalized spacial score (nSPS) is 11.8. The predicted octanol–water partition coefficient (Wildman–Crippen LogP) is 2.96. The highest BCUT2D eigenvalue weighted by molar-refractivity contribution is 5.85. The molecule has 0 amide bonds. The molecule has 0 saturated heterocycles. The Balaban J connectivity index is 0.00000289. The number of nitrogens with one attached hydrogen (secondary N) is 1. The summed E-state index contributed by atoms with van der Waals surface area (Å²) in [5.41, 5.74) is 0.951. The minimum absolute atomic E-state index is 0. The van der Waals surface area contributed by atoms with Crippen LogP contribution in [-0.4, -0.2) is 19.1 Å². The molecule has 1 atom stereocenters. The van der Waals surface area contributed by atoms with Gasteiger partial charge in [-0.3, -0.25) is 0 Å². The first kappa shape index (κ1) is 16.9. The maximum absolute atomic E-state index is 11.9. The fourth-order valence-electron chi connectivity index (χ4n) is 1.56. The lowest BCUT2D eigenvalue weighted by molar-refractivity contribution is -0.145. The van der Waals surface area contributed by atoms with Gasteiger partial charge in [0.25, 0.3) is 0 Å². The van der Waals surface area contributed by atoms with Gasteiger partial charge < -0.3 is 10.1 Å². The SMILES string of the molecule is CCOC(=O)C(NCC(C)C)c1ccccc1.Cl. The standard InChI is InChI=1S/C14H21NO2.ClH/c1-4-17-14(16)13(15-10-11(2)3)12-8-6-5-7-9-12;/h5-9,11,13,15H,4,10H2,1-3H3;1H. The number of ether oxygens (including phenoxy) is 1. The summed E-state index contributed by atoms with van der Waals surface area (Å²) in [6.45, 7) is 7.24. The third kappa shape index (κ3) is 5.52. The summed E-state index contributed by atoms with van der Waals surface area (Å²) in [7, 11) is 0. The Bertz CT molecular complexity index is 341. The summed E-state index contributed by atoms with van der Waals surface area (Å²) in [6.07, 6.45) is 0. The molecule has 4 heteroatoms. The average molecular weight is 272 g/mol. The third-order valence-corrected chi connectivity index (χ3v) is 2.39. The highest BCUT2D eigenvalue weighted by Gasteiger charge is 2.21. The molecule has 1 rings (SSSR count).